The zero-order valence-corrected chi connectivity index (χ0v) is 17.3. The molecule has 0 unspecified atom stereocenters. The summed E-state index contributed by atoms with van der Waals surface area (Å²) in [4.78, 5) is 16.8. The number of pyridine rings is 1. The molecule has 1 fully saturated rings. The van der Waals surface area contributed by atoms with Crippen LogP contribution < -0.4 is 5.32 Å². The Morgan fingerprint density at radius 1 is 1.10 bits per heavy atom. The monoisotopic (exact) mass is 426 g/mol. The molecule has 1 aromatic carbocycles. The molecule has 8 nitrogen and oxygen atoms in total. The van der Waals surface area contributed by atoms with Crippen LogP contribution >= 0.6 is 0 Å². The Hall–Kier alpha value is -3.04. The van der Waals surface area contributed by atoms with E-state index >= 15 is 0 Å². The van der Waals surface area contributed by atoms with Gasteiger partial charge < -0.3 is 9.84 Å². The Morgan fingerprint density at radius 2 is 1.77 bits per heavy atom. The maximum absolute atomic E-state index is 12.8. The van der Waals surface area contributed by atoms with Gasteiger partial charge in [-0.1, -0.05) is 22.9 Å². The Morgan fingerprint density at radius 3 is 2.43 bits per heavy atom. The Kier molecular flexibility index (Phi) is 5.65. The number of nitrogens with one attached hydrogen (secondary N) is 1. The van der Waals surface area contributed by atoms with Crippen molar-refractivity contribution in [1.82, 2.24) is 19.8 Å². The molecule has 30 heavy (non-hydrogen) atoms. The van der Waals surface area contributed by atoms with E-state index in [2.05, 4.69) is 15.5 Å². The van der Waals surface area contributed by atoms with Crippen LogP contribution in [0.15, 0.2) is 64.3 Å². The first-order valence-electron chi connectivity index (χ1n) is 9.68. The molecule has 156 valence electrons. The molecule has 0 bridgehead atoms. The molecular formula is C21H22N4O4S. The summed E-state index contributed by atoms with van der Waals surface area (Å²) < 4.78 is 32.3. The van der Waals surface area contributed by atoms with Crippen molar-refractivity contribution >= 4 is 15.9 Å². The summed E-state index contributed by atoms with van der Waals surface area (Å²) >= 11 is 0. The fourth-order valence-corrected chi connectivity index (χ4v) is 4.86. The van der Waals surface area contributed by atoms with Crippen molar-refractivity contribution in [2.45, 2.75) is 30.7 Å². The third-order valence-corrected chi connectivity index (χ3v) is 7.07. The lowest BCUT2D eigenvalue weighted by molar-refractivity contribution is 0.0914. The summed E-state index contributed by atoms with van der Waals surface area (Å²) in [5, 5.41) is 6.77. The number of hydrogen-bond donors (Lipinski definition) is 1. The molecule has 1 aliphatic rings. The molecule has 3 heterocycles. The van der Waals surface area contributed by atoms with Crippen molar-refractivity contribution in [3.8, 4) is 11.3 Å². The molecule has 1 amide bonds. The number of carbonyl (C=O) groups excluding carboxylic acids is 1. The molecule has 1 N–H and O–H groups in total. The van der Waals surface area contributed by atoms with E-state index in [0.29, 0.717) is 36.6 Å². The number of rotatable bonds is 5. The second-order valence-electron chi connectivity index (χ2n) is 7.28. The summed E-state index contributed by atoms with van der Waals surface area (Å²) in [6.07, 6.45) is 4.34. The highest BCUT2D eigenvalue weighted by Gasteiger charge is 2.30. The van der Waals surface area contributed by atoms with Gasteiger partial charge in [0.1, 0.15) is 0 Å². The smallest absolute Gasteiger partial charge is 0.273 e. The van der Waals surface area contributed by atoms with Crippen LogP contribution in [0.25, 0.3) is 11.3 Å². The molecular weight excluding hydrogens is 404 g/mol. The van der Waals surface area contributed by atoms with Gasteiger partial charge in [0, 0.05) is 43.2 Å². The number of benzene rings is 1. The number of amides is 1. The number of aryl methyl sites for hydroxylation is 1. The first-order chi connectivity index (χ1) is 14.4. The highest BCUT2D eigenvalue weighted by atomic mass is 32.2. The number of carbonyl (C=O) groups is 1. The Labute approximate surface area is 175 Å². The van der Waals surface area contributed by atoms with E-state index in [1.807, 2.05) is 6.92 Å². The number of hydrogen-bond acceptors (Lipinski definition) is 6. The van der Waals surface area contributed by atoms with Gasteiger partial charge in [-0.15, -0.1) is 0 Å². The number of piperidine rings is 1. The van der Waals surface area contributed by atoms with E-state index in [9.17, 15) is 13.2 Å². The third-order valence-electron chi connectivity index (χ3n) is 5.16. The average molecular weight is 426 g/mol. The topological polar surface area (TPSA) is 105 Å². The van der Waals surface area contributed by atoms with Crippen LogP contribution in [0.1, 0.15) is 28.9 Å². The second-order valence-corrected chi connectivity index (χ2v) is 9.22. The largest absolute Gasteiger partial charge is 0.355 e. The van der Waals surface area contributed by atoms with E-state index in [-0.39, 0.29) is 17.6 Å². The number of sulfonamides is 1. The lowest BCUT2D eigenvalue weighted by Crippen LogP contribution is -2.46. The number of nitrogens with zero attached hydrogens (tertiary/aromatic N) is 3. The maximum Gasteiger partial charge on any atom is 0.273 e. The molecule has 0 spiro atoms. The van der Waals surface area contributed by atoms with Gasteiger partial charge in [-0.25, -0.2) is 8.42 Å². The minimum Gasteiger partial charge on any atom is -0.355 e. The molecule has 0 radical (unpaired) electrons. The van der Waals surface area contributed by atoms with E-state index in [1.165, 1.54) is 4.31 Å². The average Bonchev–Trinajstić information content (AvgIpc) is 3.26. The van der Waals surface area contributed by atoms with E-state index < -0.39 is 10.0 Å². The molecule has 1 saturated heterocycles. The van der Waals surface area contributed by atoms with Crippen molar-refractivity contribution in [2.24, 2.45) is 0 Å². The van der Waals surface area contributed by atoms with Gasteiger partial charge in [-0.05, 0) is 44.0 Å². The predicted octanol–water partition coefficient (Wildman–Crippen LogP) is 2.63. The van der Waals surface area contributed by atoms with E-state index in [0.717, 1.165) is 11.1 Å². The van der Waals surface area contributed by atoms with Gasteiger partial charge in [0.2, 0.25) is 10.0 Å². The molecule has 0 aliphatic carbocycles. The normalized spacial score (nSPS) is 15.8. The molecule has 1 aliphatic heterocycles. The second kappa shape index (κ2) is 8.37. The lowest BCUT2D eigenvalue weighted by Gasteiger charge is -2.31. The lowest BCUT2D eigenvalue weighted by atomic mass is 10.1. The molecule has 0 atom stereocenters. The van der Waals surface area contributed by atoms with Gasteiger partial charge >= 0.3 is 0 Å². The SMILES string of the molecule is Cc1ccc(S(=O)(=O)N2CCC(NC(=O)c3cc(-c4ccncc4)on3)CC2)cc1. The van der Waals surface area contributed by atoms with Crippen LogP contribution in [0, 0.1) is 6.92 Å². The summed E-state index contributed by atoms with van der Waals surface area (Å²) in [7, 11) is -3.52. The summed E-state index contributed by atoms with van der Waals surface area (Å²) in [6, 6.07) is 11.8. The fourth-order valence-electron chi connectivity index (χ4n) is 3.39. The zero-order valence-electron chi connectivity index (χ0n) is 16.5. The van der Waals surface area contributed by atoms with Gasteiger partial charge in [0.15, 0.2) is 11.5 Å². The third kappa shape index (κ3) is 4.27. The van der Waals surface area contributed by atoms with E-state index in [1.54, 1.807) is 54.9 Å². The Bertz CT molecular complexity index is 1120. The van der Waals surface area contributed by atoms with Crippen LogP contribution in [0.4, 0.5) is 0 Å². The highest BCUT2D eigenvalue weighted by molar-refractivity contribution is 7.89. The minimum atomic E-state index is -3.52. The quantitative estimate of drug-likeness (QED) is 0.672. The highest BCUT2D eigenvalue weighted by Crippen LogP contribution is 2.22. The van der Waals surface area contributed by atoms with Crippen LogP contribution in [0.3, 0.4) is 0 Å². The molecule has 2 aromatic heterocycles. The summed E-state index contributed by atoms with van der Waals surface area (Å²) in [6.45, 7) is 2.62. The summed E-state index contributed by atoms with van der Waals surface area (Å²) in [5.74, 6) is 0.153. The van der Waals surface area contributed by atoms with Crippen LogP contribution in [0.5, 0.6) is 0 Å². The standard InChI is InChI=1S/C21H22N4O4S/c1-15-2-4-18(5-3-15)30(27,28)25-12-8-17(9-13-25)23-21(26)19-14-20(29-24-19)16-6-10-22-11-7-16/h2-7,10-11,14,17H,8-9,12-13H2,1H3,(H,23,26). The number of aromatic nitrogens is 2. The van der Waals surface area contributed by atoms with Crippen LogP contribution in [-0.4, -0.2) is 47.9 Å². The van der Waals surface area contributed by atoms with Crippen LogP contribution in [-0.2, 0) is 10.0 Å². The molecule has 9 heteroatoms. The minimum absolute atomic E-state index is 0.122. The zero-order chi connectivity index (χ0) is 21.1. The first kappa shape index (κ1) is 20.2. The van der Waals surface area contributed by atoms with Crippen molar-refractivity contribution in [1.29, 1.82) is 0 Å². The maximum atomic E-state index is 12.8. The van der Waals surface area contributed by atoms with Crippen molar-refractivity contribution < 1.29 is 17.7 Å². The predicted molar refractivity (Wildman–Crippen MR) is 110 cm³/mol. The fraction of sp³-hybridized carbons (Fsp3) is 0.286. The molecule has 4 rings (SSSR count). The Balaban J connectivity index is 1.35. The van der Waals surface area contributed by atoms with Gasteiger partial charge in [0.05, 0.1) is 4.90 Å². The van der Waals surface area contributed by atoms with Gasteiger partial charge in [-0.2, -0.15) is 4.31 Å². The molecule has 3 aromatic rings. The molecule has 0 saturated carbocycles. The van der Waals surface area contributed by atoms with Crippen molar-refractivity contribution in [3.63, 3.8) is 0 Å². The first-order valence-corrected chi connectivity index (χ1v) is 11.1. The van der Waals surface area contributed by atoms with E-state index in [4.69, 9.17) is 4.52 Å². The van der Waals surface area contributed by atoms with Crippen molar-refractivity contribution in [2.75, 3.05) is 13.1 Å². The van der Waals surface area contributed by atoms with Crippen LogP contribution in [0.2, 0.25) is 0 Å². The summed E-state index contributed by atoms with van der Waals surface area (Å²) in [5.41, 5.74) is 1.98. The van der Waals surface area contributed by atoms with Gasteiger partial charge in [-0.3, -0.25) is 9.78 Å². The van der Waals surface area contributed by atoms with Gasteiger partial charge in [0.25, 0.3) is 5.91 Å². The van der Waals surface area contributed by atoms with Crippen molar-refractivity contribution in [3.05, 3.63) is 66.1 Å².